The third-order valence-electron chi connectivity index (χ3n) is 6.93. The molecule has 6 nitrogen and oxygen atoms in total. The fourth-order valence-corrected chi connectivity index (χ4v) is 6.54. The van der Waals surface area contributed by atoms with Gasteiger partial charge in [-0.25, -0.2) is 13.1 Å². The van der Waals surface area contributed by atoms with E-state index in [9.17, 15) is 13.2 Å². The number of amides is 1. The number of carbonyl (C=O) groups excluding carboxylic acids is 1. The maximum Gasteiger partial charge on any atom is 0.240 e. The molecule has 1 aliphatic heterocycles. The van der Waals surface area contributed by atoms with Crippen molar-refractivity contribution in [3.8, 4) is 0 Å². The molecule has 8 heteroatoms. The smallest absolute Gasteiger partial charge is 0.240 e. The van der Waals surface area contributed by atoms with Crippen LogP contribution in [0.15, 0.2) is 53.4 Å². The van der Waals surface area contributed by atoms with Crippen LogP contribution in [0.3, 0.4) is 0 Å². The monoisotopic (exact) mass is 499 g/mol. The predicted octanol–water partition coefficient (Wildman–Crippen LogP) is 4.88. The van der Waals surface area contributed by atoms with E-state index in [4.69, 9.17) is 11.6 Å². The summed E-state index contributed by atoms with van der Waals surface area (Å²) in [6.45, 7) is 2.15. The van der Waals surface area contributed by atoms with Crippen molar-refractivity contribution in [1.29, 1.82) is 0 Å². The summed E-state index contributed by atoms with van der Waals surface area (Å²) >= 11 is 6.09. The minimum atomic E-state index is -3.54. The van der Waals surface area contributed by atoms with Crippen molar-refractivity contribution in [3.63, 3.8) is 0 Å². The second-order valence-corrected chi connectivity index (χ2v) is 11.3. The quantitative estimate of drug-likeness (QED) is 0.433. The summed E-state index contributed by atoms with van der Waals surface area (Å²) in [5, 5.41) is 1.18. The summed E-state index contributed by atoms with van der Waals surface area (Å²) in [6, 6.07) is 14.9. The van der Waals surface area contributed by atoms with Gasteiger partial charge < -0.3 is 9.88 Å². The molecular formula is C26H30ClN3O3S. The highest BCUT2D eigenvalue weighted by molar-refractivity contribution is 7.89. The van der Waals surface area contributed by atoms with Gasteiger partial charge in [-0.05, 0) is 55.0 Å². The number of hydrogen-bond acceptors (Lipinski definition) is 3. The van der Waals surface area contributed by atoms with Crippen molar-refractivity contribution in [2.45, 2.75) is 68.5 Å². The van der Waals surface area contributed by atoms with Gasteiger partial charge in [0.15, 0.2) is 0 Å². The van der Waals surface area contributed by atoms with Crippen LogP contribution in [0.1, 0.15) is 61.9 Å². The van der Waals surface area contributed by atoms with Crippen LogP contribution in [-0.4, -0.2) is 42.2 Å². The molecule has 2 atom stereocenters. The van der Waals surface area contributed by atoms with Gasteiger partial charge in [-0.15, -0.1) is 11.6 Å². The number of para-hydroxylation sites is 1. The Kier molecular flexibility index (Phi) is 6.44. The van der Waals surface area contributed by atoms with Crippen molar-refractivity contribution in [2.24, 2.45) is 0 Å². The van der Waals surface area contributed by atoms with Crippen LogP contribution in [-0.2, 0) is 21.2 Å². The number of benzene rings is 2. The number of carbonyl (C=O) groups is 1. The Balaban J connectivity index is 1.60. The molecule has 0 unspecified atom stereocenters. The first-order chi connectivity index (χ1) is 16.4. The molecule has 0 spiro atoms. The molecule has 3 aromatic rings. The van der Waals surface area contributed by atoms with Gasteiger partial charge in [0.1, 0.15) is 5.88 Å². The maximum atomic E-state index is 13.2. The Morgan fingerprint density at radius 3 is 2.56 bits per heavy atom. The van der Waals surface area contributed by atoms with Crippen LogP contribution in [0.25, 0.3) is 10.9 Å². The first-order valence-corrected chi connectivity index (χ1v) is 14.0. The zero-order chi connectivity index (χ0) is 23.9. The van der Waals surface area contributed by atoms with E-state index in [1.807, 2.05) is 29.2 Å². The predicted molar refractivity (Wildman–Crippen MR) is 135 cm³/mol. The molecule has 2 heterocycles. The second-order valence-electron chi connectivity index (χ2n) is 9.36. The van der Waals surface area contributed by atoms with Crippen LogP contribution in [0.2, 0.25) is 0 Å². The molecule has 2 N–H and O–H groups in total. The van der Waals surface area contributed by atoms with Crippen molar-refractivity contribution in [2.75, 3.05) is 5.88 Å². The largest absolute Gasteiger partial charge is 0.356 e. The van der Waals surface area contributed by atoms with Crippen LogP contribution in [0.5, 0.6) is 0 Å². The zero-order valence-corrected chi connectivity index (χ0v) is 20.8. The summed E-state index contributed by atoms with van der Waals surface area (Å²) in [7, 11) is -3.54. The van der Waals surface area contributed by atoms with Crippen LogP contribution >= 0.6 is 11.6 Å². The molecule has 34 heavy (non-hydrogen) atoms. The number of unbranched alkanes of at least 4 members (excludes halogenated alkanes) is 1. The lowest BCUT2D eigenvalue weighted by molar-refractivity contribution is -0.133. The average molecular weight is 500 g/mol. The van der Waals surface area contributed by atoms with Crippen LogP contribution in [0, 0.1) is 0 Å². The van der Waals surface area contributed by atoms with Crippen LogP contribution in [0.4, 0.5) is 0 Å². The molecule has 2 aliphatic rings. The number of hydrogen-bond donors (Lipinski definition) is 2. The highest BCUT2D eigenvalue weighted by Crippen LogP contribution is 2.42. The molecule has 1 saturated carbocycles. The normalized spacial score (nSPS) is 20.5. The van der Waals surface area contributed by atoms with E-state index >= 15 is 0 Å². The number of alkyl halides is 1. The number of sulfonamides is 1. The van der Waals surface area contributed by atoms with Crippen molar-refractivity contribution in [3.05, 3.63) is 65.4 Å². The fourth-order valence-electron chi connectivity index (χ4n) is 5.10. The Bertz CT molecular complexity index is 1300. The van der Waals surface area contributed by atoms with Crippen molar-refractivity contribution >= 4 is 38.4 Å². The van der Waals surface area contributed by atoms with E-state index in [1.165, 1.54) is 10.9 Å². The van der Waals surface area contributed by atoms with E-state index in [1.54, 1.807) is 12.1 Å². The molecular weight excluding hydrogens is 470 g/mol. The lowest BCUT2D eigenvalue weighted by Gasteiger charge is -2.42. The lowest BCUT2D eigenvalue weighted by atomic mass is 9.86. The zero-order valence-electron chi connectivity index (χ0n) is 19.3. The average Bonchev–Trinajstić information content (AvgIpc) is 3.58. The van der Waals surface area contributed by atoms with Gasteiger partial charge in [-0.1, -0.05) is 50.1 Å². The Morgan fingerprint density at radius 2 is 1.88 bits per heavy atom. The highest BCUT2D eigenvalue weighted by Gasteiger charge is 2.40. The third kappa shape index (κ3) is 4.37. The van der Waals surface area contributed by atoms with Gasteiger partial charge in [0.05, 0.1) is 10.9 Å². The van der Waals surface area contributed by atoms with E-state index in [-0.39, 0.29) is 34.8 Å². The first kappa shape index (κ1) is 23.4. The van der Waals surface area contributed by atoms with Crippen LogP contribution < -0.4 is 4.72 Å². The summed E-state index contributed by atoms with van der Waals surface area (Å²) < 4.78 is 28.1. The number of rotatable bonds is 8. The highest BCUT2D eigenvalue weighted by atomic mass is 35.5. The minimum absolute atomic E-state index is 0.0304. The lowest BCUT2D eigenvalue weighted by Crippen LogP contribution is -2.48. The van der Waals surface area contributed by atoms with E-state index in [0.717, 1.165) is 55.3 Å². The molecule has 0 radical (unpaired) electrons. The number of aromatic amines is 1. The third-order valence-corrected chi connectivity index (χ3v) is 8.69. The number of fused-ring (bicyclic) bond motifs is 3. The number of nitrogens with one attached hydrogen (secondary N) is 2. The molecule has 2 aromatic carbocycles. The molecule has 0 bridgehead atoms. The summed E-state index contributed by atoms with van der Waals surface area (Å²) in [6.07, 6.45) is 5.51. The number of halogens is 1. The van der Waals surface area contributed by atoms with Gasteiger partial charge in [0.2, 0.25) is 15.9 Å². The van der Waals surface area contributed by atoms with Crippen molar-refractivity contribution in [1.82, 2.24) is 14.6 Å². The maximum absolute atomic E-state index is 13.2. The first-order valence-electron chi connectivity index (χ1n) is 12.0. The van der Waals surface area contributed by atoms with Gasteiger partial charge >= 0.3 is 0 Å². The number of nitrogens with zero attached hydrogens (tertiary/aromatic N) is 1. The molecule has 180 valence electrons. The second kappa shape index (κ2) is 9.36. The van der Waals surface area contributed by atoms with E-state index < -0.39 is 10.0 Å². The van der Waals surface area contributed by atoms with Crippen molar-refractivity contribution < 1.29 is 13.2 Å². The molecule has 1 aromatic heterocycles. The molecule has 0 saturated heterocycles. The molecule has 1 fully saturated rings. The van der Waals surface area contributed by atoms with Gasteiger partial charge in [0, 0.05) is 28.7 Å². The standard InChI is InChI=1S/C26H30ClN3O3S/c1-2-3-6-19-15-22-21-7-4-5-8-23(21)28-25(22)26(30(19)24(31)16-27)17-9-13-20(14-10-17)34(32,33)29-18-11-12-18/h4-5,7-10,13-14,18-19,26,28-29H,2-3,6,11-12,15-16H2,1H3/t19-,26-/m0/s1. The molecule has 1 amide bonds. The molecule has 1 aliphatic carbocycles. The summed E-state index contributed by atoms with van der Waals surface area (Å²) in [4.78, 5) is 18.9. The Hall–Kier alpha value is -2.35. The fraction of sp³-hybridized carbons (Fsp3) is 0.423. The topological polar surface area (TPSA) is 82.3 Å². The Morgan fingerprint density at radius 1 is 1.15 bits per heavy atom. The van der Waals surface area contributed by atoms with Gasteiger partial charge in [-0.3, -0.25) is 4.79 Å². The number of aromatic nitrogens is 1. The minimum Gasteiger partial charge on any atom is -0.356 e. The van der Waals surface area contributed by atoms with E-state index in [2.05, 4.69) is 28.8 Å². The van der Waals surface area contributed by atoms with Gasteiger partial charge in [-0.2, -0.15) is 0 Å². The van der Waals surface area contributed by atoms with Gasteiger partial charge in [0.25, 0.3) is 0 Å². The number of H-pyrrole nitrogens is 1. The summed E-state index contributed by atoms with van der Waals surface area (Å²) in [5.41, 5.74) is 4.13. The van der Waals surface area contributed by atoms with E-state index in [0.29, 0.717) is 0 Å². The summed E-state index contributed by atoms with van der Waals surface area (Å²) in [5.74, 6) is -0.198. The molecule has 5 rings (SSSR count). The Labute approximate surface area is 205 Å². The SMILES string of the molecule is CCCC[C@H]1Cc2c([nH]c3ccccc23)[C@H](c2ccc(S(=O)(=O)NC3CC3)cc2)N1C(=O)CCl.